The zero-order valence-electron chi connectivity index (χ0n) is 11.2. The average molecular weight is 274 g/mol. The van der Waals surface area contributed by atoms with Crippen LogP contribution >= 0.6 is 0 Å². The van der Waals surface area contributed by atoms with Crippen molar-refractivity contribution in [2.45, 2.75) is 44.1 Å². The van der Waals surface area contributed by atoms with Crippen LogP contribution in [0, 0.1) is 5.92 Å². The second kappa shape index (κ2) is 5.23. The van der Waals surface area contributed by atoms with Crippen LogP contribution in [0.15, 0.2) is 18.3 Å². The Bertz CT molecular complexity index is 536. The molecule has 0 bridgehead atoms. The van der Waals surface area contributed by atoms with Gasteiger partial charge in [0, 0.05) is 23.4 Å². The van der Waals surface area contributed by atoms with Gasteiger partial charge in [0.1, 0.15) is 6.04 Å². The third-order valence-corrected chi connectivity index (χ3v) is 3.91. The van der Waals surface area contributed by atoms with E-state index in [2.05, 4.69) is 10.3 Å². The van der Waals surface area contributed by atoms with Gasteiger partial charge in [-0.25, -0.2) is 4.79 Å². The van der Waals surface area contributed by atoms with E-state index >= 15 is 0 Å². The Balaban J connectivity index is 1.67. The van der Waals surface area contributed by atoms with Gasteiger partial charge >= 0.3 is 5.97 Å². The maximum absolute atomic E-state index is 12.2. The molecule has 1 heterocycles. The maximum Gasteiger partial charge on any atom is 0.326 e. The van der Waals surface area contributed by atoms with E-state index in [4.69, 9.17) is 0 Å². The van der Waals surface area contributed by atoms with Gasteiger partial charge in [-0.2, -0.15) is 0 Å². The minimum atomic E-state index is -0.957. The van der Waals surface area contributed by atoms with Crippen LogP contribution in [0.1, 0.15) is 54.1 Å². The quantitative estimate of drug-likeness (QED) is 0.831. The molecule has 20 heavy (non-hydrogen) atoms. The van der Waals surface area contributed by atoms with Crippen LogP contribution in [0.5, 0.6) is 0 Å². The molecule has 1 atom stereocenters. The Morgan fingerprint density at radius 2 is 2.10 bits per heavy atom. The van der Waals surface area contributed by atoms with Crippen molar-refractivity contribution >= 4 is 11.9 Å². The molecule has 1 unspecified atom stereocenters. The number of hydrogen-bond donors (Lipinski definition) is 2. The fourth-order valence-electron chi connectivity index (χ4n) is 2.34. The van der Waals surface area contributed by atoms with Crippen LogP contribution in [-0.4, -0.2) is 28.0 Å². The summed E-state index contributed by atoms with van der Waals surface area (Å²) in [6.45, 7) is 0. The first kappa shape index (κ1) is 13.1. The van der Waals surface area contributed by atoms with E-state index in [1.54, 1.807) is 18.3 Å². The van der Waals surface area contributed by atoms with Crippen molar-refractivity contribution in [3.63, 3.8) is 0 Å². The topological polar surface area (TPSA) is 79.3 Å². The van der Waals surface area contributed by atoms with Crippen molar-refractivity contribution in [1.82, 2.24) is 10.3 Å². The van der Waals surface area contributed by atoms with E-state index in [1.807, 2.05) is 0 Å². The van der Waals surface area contributed by atoms with Crippen LogP contribution in [0.2, 0.25) is 0 Å². The van der Waals surface area contributed by atoms with Crippen LogP contribution in [0.3, 0.4) is 0 Å². The summed E-state index contributed by atoms with van der Waals surface area (Å²) >= 11 is 0. The first-order chi connectivity index (χ1) is 9.63. The lowest BCUT2D eigenvalue weighted by molar-refractivity contribution is -0.139. The summed E-state index contributed by atoms with van der Waals surface area (Å²) in [4.78, 5) is 27.6. The molecule has 2 N–H and O–H groups in total. The Kier molecular flexibility index (Phi) is 3.42. The molecule has 0 radical (unpaired) electrons. The number of aromatic nitrogens is 1. The predicted molar refractivity (Wildman–Crippen MR) is 72.4 cm³/mol. The molecular formula is C15H18N2O3. The molecule has 0 saturated heterocycles. The number of carboxylic acid groups (broad SMARTS) is 1. The molecule has 2 aliphatic rings. The number of pyridine rings is 1. The predicted octanol–water partition coefficient (Wildman–Crippen LogP) is 1.94. The minimum absolute atomic E-state index is 0.317. The van der Waals surface area contributed by atoms with Gasteiger partial charge in [-0.3, -0.25) is 9.78 Å². The van der Waals surface area contributed by atoms with Crippen molar-refractivity contribution in [2.75, 3.05) is 0 Å². The highest BCUT2D eigenvalue weighted by molar-refractivity contribution is 5.96. The largest absolute Gasteiger partial charge is 0.480 e. The van der Waals surface area contributed by atoms with E-state index in [1.165, 1.54) is 0 Å². The van der Waals surface area contributed by atoms with Gasteiger partial charge in [0.25, 0.3) is 5.91 Å². The fourth-order valence-corrected chi connectivity index (χ4v) is 2.34. The number of carbonyl (C=O) groups excluding carboxylic acids is 1. The summed E-state index contributed by atoms with van der Waals surface area (Å²) in [6, 6.07) is 2.63. The normalized spacial score (nSPS) is 19.4. The lowest BCUT2D eigenvalue weighted by Gasteiger charge is -2.14. The van der Waals surface area contributed by atoms with Crippen LogP contribution in [-0.2, 0) is 4.79 Å². The molecule has 106 valence electrons. The highest BCUT2D eigenvalue weighted by atomic mass is 16.4. The Hall–Kier alpha value is -1.91. The fraction of sp³-hybridized carbons (Fsp3) is 0.533. The maximum atomic E-state index is 12.2. The third-order valence-electron chi connectivity index (χ3n) is 3.91. The first-order valence-electron chi connectivity index (χ1n) is 7.13. The number of carbonyl (C=O) groups is 2. The number of rotatable bonds is 6. The Morgan fingerprint density at radius 1 is 1.35 bits per heavy atom. The Labute approximate surface area is 117 Å². The van der Waals surface area contributed by atoms with Gasteiger partial charge in [-0.05, 0) is 37.3 Å². The third kappa shape index (κ3) is 3.15. The number of hydrogen-bond acceptors (Lipinski definition) is 3. The van der Waals surface area contributed by atoms with E-state index in [9.17, 15) is 14.7 Å². The highest BCUT2D eigenvalue weighted by Crippen LogP contribution is 2.39. The molecule has 2 fully saturated rings. The molecule has 1 aromatic rings. The van der Waals surface area contributed by atoms with Gasteiger partial charge < -0.3 is 10.4 Å². The smallest absolute Gasteiger partial charge is 0.326 e. The molecule has 5 nitrogen and oxygen atoms in total. The second-order valence-corrected chi connectivity index (χ2v) is 5.79. The summed E-state index contributed by atoms with van der Waals surface area (Å²) in [5.41, 5.74) is 1.44. The highest BCUT2D eigenvalue weighted by Gasteiger charge is 2.31. The molecule has 2 saturated carbocycles. The standard InChI is InChI=1S/C15H18N2O3/c18-14(17-13(15(19)20)7-9-1-2-9)11-5-6-16-12(8-11)10-3-4-10/h5-6,8-10,13H,1-4,7H2,(H,17,18)(H,19,20). The molecule has 0 aliphatic heterocycles. The molecule has 0 aromatic carbocycles. The van der Waals surface area contributed by atoms with E-state index in [0.717, 1.165) is 31.4 Å². The van der Waals surface area contributed by atoms with Gasteiger partial charge in [-0.1, -0.05) is 12.8 Å². The second-order valence-electron chi connectivity index (χ2n) is 5.79. The van der Waals surface area contributed by atoms with Crippen LogP contribution in [0.25, 0.3) is 0 Å². The molecule has 3 rings (SSSR count). The van der Waals surface area contributed by atoms with Gasteiger partial charge in [-0.15, -0.1) is 0 Å². The zero-order valence-corrected chi connectivity index (χ0v) is 11.2. The molecule has 1 aromatic heterocycles. The lowest BCUT2D eigenvalue weighted by atomic mass is 10.1. The zero-order chi connectivity index (χ0) is 14.1. The number of nitrogens with zero attached hydrogens (tertiary/aromatic N) is 1. The summed E-state index contributed by atoms with van der Waals surface area (Å²) in [5.74, 6) is -0.343. The molecular weight excluding hydrogens is 256 g/mol. The van der Waals surface area contributed by atoms with Crippen molar-refractivity contribution in [2.24, 2.45) is 5.92 Å². The summed E-state index contributed by atoms with van der Waals surface area (Å²) in [7, 11) is 0. The molecule has 5 heteroatoms. The summed E-state index contributed by atoms with van der Waals surface area (Å²) in [5, 5.41) is 11.8. The number of amides is 1. The van der Waals surface area contributed by atoms with Gasteiger partial charge in [0.05, 0.1) is 0 Å². The van der Waals surface area contributed by atoms with E-state index < -0.39 is 12.0 Å². The van der Waals surface area contributed by atoms with Crippen molar-refractivity contribution in [1.29, 1.82) is 0 Å². The van der Waals surface area contributed by atoms with E-state index in [-0.39, 0.29) is 5.91 Å². The van der Waals surface area contributed by atoms with Crippen molar-refractivity contribution < 1.29 is 14.7 Å². The van der Waals surface area contributed by atoms with Gasteiger partial charge in [0.15, 0.2) is 0 Å². The first-order valence-corrected chi connectivity index (χ1v) is 7.13. The minimum Gasteiger partial charge on any atom is -0.480 e. The van der Waals surface area contributed by atoms with Crippen molar-refractivity contribution in [3.05, 3.63) is 29.6 Å². The lowest BCUT2D eigenvalue weighted by Crippen LogP contribution is -2.41. The number of nitrogens with one attached hydrogen (secondary N) is 1. The SMILES string of the molecule is O=C(NC(CC1CC1)C(=O)O)c1ccnc(C2CC2)c1. The molecule has 2 aliphatic carbocycles. The number of carboxylic acids is 1. The summed E-state index contributed by atoms with van der Waals surface area (Å²) < 4.78 is 0. The molecule has 1 amide bonds. The van der Waals surface area contributed by atoms with E-state index in [0.29, 0.717) is 23.8 Å². The van der Waals surface area contributed by atoms with Crippen LogP contribution in [0.4, 0.5) is 0 Å². The van der Waals surface area contributed by atoms with Crippen LogP contribution < -0.4 is 5.32 Å². The Morgan fingerprint density at radius 3 is 2.70 bits per heavy atom. The monoisotopic (exact) mass is 274 g/mol. The van der Waals surface area contributed by atoms with Crippen molar-refractivity contribution in [3.8, 4) is 0 Å². The summed E-state index contributed by atoms with van der Waals surface area (Å²) in [6.07, 6.45) is 6.54. The van der Waals surface area contributed by atoms with Gasteiger partial charge in [0.2, 0.25) is 0 Å². The number of aliphatic carboxylic acids is 1. The molecule has 0 spiro atoms. The average Bonchev–Trinajstić information content (AvgIpc) is 3.30.